The van der Waals surface area contributed by atoms with Crippen LogP contribution in [0, 0.1) is 6.92 Å². The van der Waals surface area contributed by atoms with Crippen LogP contribution in [0.25, 0.3) is 0 Å². The summed E-state index contributed by atoms with van der Waals surface area (Å²) in [4.78, 5) is 4.01. The predicted molar refractivity (Wildman–Crippen MR) is 71.7 cm³/mol. The van der Waals surface area contributed by atoms with Gasteiger partial charge in [0.25, 0.3) is 0 Å². The molecule has 0 bridgehead atoms. The van der Waals surface area contributed by atoms with Crippen LogP contribution in [0.3, 0.4) is 0 Å². The minimum absolute atomic E-state index is 0.181. The number of nitrogens with zero attached hydrogens (tertiary/aromatic N) is 1. The van der Waals surface area contributed by atoms with Gasteiger partial charge in [-0.1, -0.05) is 17.7 Å². The average molecular weight is 271 g/mol. The fourth-order valence-electron chi connectivity index (χ4n) is 1.62. The molecule has 0 heterocycles. The maximum absolute atomic E-state index is 12.3. The summed E-state index contributed by atoms with van der Waals surface area (Å²) in [6, 6.07) is 5.10. The smallest absolute Gasteiger partial charge is 0.387 e. The van der Waals surface area contributed by atoms with Gasteiger partial charge in [0, 0.05) is 25.7 Å². The van der Waals surface area contributed by atoms with Crippen molar-refractivity contribution in [1.29, 1.82) is 0 Å². The van der Waals surface area contributed by atoms with Crippen molar-refractivity contribution in [2.75, 3.05) is 13.6 Å². The van der Waals surface area contributed by atoms with Gasteiger partial charge in [-0.2, -0.15) is 8.78 Å². The molecule has 6 heteroatoms. The van der Waals surface area contributed by atoms with Crippen LogP contribution in [-0.4, -0.2) is 26.2 Å². The maximum Gasteiger partial charge on any atom is 0.387 e. The molecule has 0 amide bonds. The standard InChI is InChI=1S/C13H19F2N3O/c1-4-17-13(16-3)18-8-10-7-9(2)5-6-11(10)19-12(14)15/h5-7,12H,4,8H2,1-3H3,(H2,16,17,18). The molecule has 0 atom stereocenters. The van der Waals surface area contributed by atoms with Gasteiger partial charge in [-0.25, -0.2) is 0 Å². The zero-order chi connectivity index (χ0) is 14.3. The zero-order valence-corrected chi connectivity index (χ0v) is 11.3. The number of alkyl halides is 2. The van der Waals surface area contributed by atoms with Crippen molar-refractivity contribution in [3.8, 4) is 5.75 Å². The summed E-state index contributed by atoms with van der Waals surface area (Å²) in [5.41, 5.74) is 1.65. The second-order valence-electron chi connectivity index (χ2n) is 3.95. The lowest BCUT2D eigenvalue weighted by Crippen LogP contribution is -2.36. The van der Waals surface area contributed by atoms with Gasteiger partial charge in [-0.3, -0.25) is 4.99 Å². The Morgan fingerprint density at radius 1 is 1.37 bits per heavy atom. The summed E-state index contributed by atoms with van der Waals surface area (Å²) in [6.07, 6.45) is 0. The van der Waals surface area contributed by atoms with E-state index in [9.17, 15) is 8.78 Å². The van der Waals surface area contributed by atoms with Crippen molar-refractivity contribution in [2.24, 2.45) is 4.99 Å². The highest BCUT2D eigenvalue weighted by Gasteiger charge is 2.10. The molecule has 0 aliphatic carbocycles. The number of guanidine groups is 1. The monoisotopic (exact) mass is 271 g/mol. The summed E-state index contributed by atoms with van der Waals surface area (Å²) in [7, 11) is 1.65. The molecular weight excluding hydrogens is 252 g/mol. The van der Waals surface area contributed by atoms with Gasteiger partial charge in [0.2, 0.25) is 0 Å². The number of aryl methyl sites for hydroxylation is 1. The average Bonchev–Trinajstić information content (AvgIpc) is 2.36. The Bertz CT molecular complexity index is 436. The lowest BCUT2D eigenvalue weighted by molar-refractivity contribution is -0.0504. The van der Waals surface area contributed by atoms with E-state index in [2.05, 4.69) is 20.4 Å². The lowest BCUT2D eigenvalue weighted by Gasteiger charge is -2.14. The second kappa shape index (κ2) is 7.56. The summed E-state index contributed by atoms with van der Waals surface area (Å²) >= 11 is 0. The van der Waals surface area contributed by atoms with E-state index >= 15 is 0 Å². The highest BCUT2D eigenvalue weighted by Crippen LogP contribution is 2.21. The molecule has 0 saturated carbocycles. The summed E-state index contributed by atoms with van der Waals surface area (Å²) in [5, 5.41) is 6.07. The topological polar surface area (TPSA) is 45.7 Å². The van der Waals surface area contributed by atoms with Gasteiger partial charge in [0.05, 0.1) is 0 Å². The highest BCUT2D eigenvalue weighted by molar-refractivity contribution is 5.79. The molecule has 1 aromatic rings. The Balaban J connectivity index is 2.77. The van der Waals surface area contributed by atoms with Crippen LogP contribution in [0.4, 0.5) is 8.78 Å². The highest BCUT2D eigenvalue weighted by atomic mass is 19.3. The van der Waals surface area contributed by atoms with Crippen molar-refractivity contribution in [1.82, 2.24) is 10.6 Å². The molecule has 1 aromatic carbocycles. The minimum atomic E-state index is -2.82. The molecule has 0 aliphatic rings. The van der Waals surface area contributed by atoms with Gasteiger partial charge < -0.3 is 15.4 Å². The number of hydrogen-bond acceptors (Lipinski definition) is 2. The number of halogens is 2. The van der Waals surface area contributed by atoms with Gasteiger partial charge >= 0.3 is 6.61 Å². The number of benzene rings is 1. The molecule has 0 aliphatic heterocycles. The molecular formula is C13H19F2N3O. The Labute approximate surface area is 111 Å². The van der Waals surface area contributed by atoms with Crippen molar-refractivity contribution >= 4 is 5.96 Å². The molecule has 2 N–H and O–H groups in total. The molecule has 0 unspecified atom stereocenters. The third-order valence-corrected chi connectivity index (χ3v) is 2.45. The summed E-state index contributed by atoms with van der Waals surface area (Å²) < 4.78 is 29.1. The third-order valence-electron chi connectivity index (χ3n) is 2.45. The lowest BCUT2D eigenvalue weighted by atomic mass is 10.1. The van der Waals surface area contributed by atoms with Crippen LogP contribution in [0.5, 0.6) is 5.75 Å². The maximum atomic E-state index is 12.3. The molecule has 106 valence electrons. The summed E-state index contributed by atoms with van der Waals surface area (Å²) in [5.74, 6) is 0.798. The van der Waals surface area contributed by atoms with E-state index in [0.29, 0.717) is 18.1 Å². The quantitative estimate of drug-likeness (QED) is 0.638. The molecule has 1 rings (SSSR count). The van der Waals surface area contributed by atoms with E-state index in [4.69, 9.17) is 0 Å². The first kappa shape index (κ1) is 15.2. The Morgan fingerprint density at radius 3 is 2.68 bits per heavy atom. The van der Waals surface area contributed by atoms with Crippen molar-refractivity contribution in [3.63, 3.8) is 0 Å². The van der Waals surface area contributed by atoms with Crippen LogP contribution >= 0.6 is 0 Å². The largest absolute Gasteiger partial charge is 0.434 e. The van der Waals surface area contributed by atoms with E-state index in [1.165, 1.54) is 0 Å². The Hall–Kier alpha value is -1.85. The Kier molecular flexibility index (Phi) is 6.05. The number of hydrogen-bond donors (Lipinski definition) is 2. The van der Waals surface area contributed by atoms with Crippen LogP contribution in [0.2, 0.25) is 0 Å². The molecule has 0 radical (unpaired) electrons. The van der Waals surface area contributed by atoms with Crippen LogP contribution in [0.15, 0.2) is 23.2 Å². The molecule has 0 saturated heterocycles. The van der Waals surface area contributed by atoms with Crippen molar-refractivity contribution in [3.05, 3.63) is 29.3 Å². The normalized spacial score (nSPS) is 11.6. The predicted octanol–water partition coefficient (Wildman–Crippen LogP) is 2.28. The van der Waals surface area contributed by atoms with Gasteiger partial charge in [-0.15, -0.1) is 0 Å². The first-order valence-corrected chi connectivity index (χ1v) is 6.05. The zero-order valence-electron chi connectivity index (χ0n) is 11.3. The van der Waals surface area contributed by atoms with E-state index in [1.54, 1.807) is 19.2 Å². The molecule has 0 fully saturated rings. The number of aliphatic imine (C=N–C) groups is 1. The van der Waals surface area contributed by atoms with E-state index in [-0.39, 0.29) is 5.75 Å². The molecule has 0 aromatic heterocycles. The van der Waals surface area contributed by atoms with Gasteiger partial charge in [-0.05, 0) is 19.9 Å². The van der Waals surface area contributed by atoms with Crippen LogP contribution in [0.1, 0.15) is 18.1 Å². The van der Waals surface area contributed by atoms with Crippen LogP contribution < -0.4 is 15.4 Å². The number of rotatable bonds is 5. The van der Waals surface area contributed by atoms with Gasteiger partial charge in [0.15, 0.2) is 5.96 Å². The van der Waals surface area contributed by atoms with Crippen molar-refractivity contribution in [2.45, 2.75) is 27.0 Å². The van der Waals surface area contributed by atoms with E-state index in [1.807, 2.05) is 19.9 Å². The first-order chi connectivity index (χ1) is 9.06. The molecule has 4 nitrogen and oxygen atoms in total. The second-order valence-corrected chi connectivity index (χ2v) is 3.95. The Morgan fingerprint density at radius 2 is 2.11 bits per heavy atom. The fraction of sp³-hybridized carbons (Fsp3) is 0.462. The van der Waals surface area contributed by atoms with Crippen molar-refractivity contribution < 1.29 is 13.5 Å². The minimum Gasteiger partial charge on any atom is -0.434 e. The first-order valence-electron chi connectivity index (χ1n) is 6.05. The van der Waals surface area contributed by atoms with E-state index in [0.717, 1.165) is 12.1 Å². The number of nitrogens with one attached hydrogen (secondary N) is 2. The fourth-order valence-corrected chi connectivity index (χ4v) is 1.62. The molecule has 19 heavy (non-hydrogen) atoms. The summed E-state index contributed by atoms with van der Waals surface area (Å²) in [6.45, 7) is 2.12. The molecule has 0 spiro atoms. The third kappa shape index (κ3) is 5.11. The van der Waals surface area contributed by atoms with E-state index < -0.39 is 6.61 Å². The van der Waals surface area contributed by atoms with Crippen LogP contribution in [-0.2, 0) is 6.54 Å². The number of ether oxygens (including phenoxy) is 1. The van der Waals surface area contributed by atoms with Gasteiger partial charge in [0.1, 0.15) is 5.75 Å². The SMILES string of the molecule is CCNC(=NC)NCc1cc(C)ccc1OC(F)F.